The molecule has 1 rings (SSSR count). The number of methoxy groups -OCH3 is 3. The first-order valence-corrected chi connectivity index (χ1v) is 12.8. The molecule has 1 aromatic rings. The number of esters is 3. The van der Waals surface area contributed by atoms with E-state index in [9.17, 15) is 24.3 Å². The predicted octanol–water partition coefficient (Wildman–Crippen LogP) is -0.345. The van der Waals surface area contributed by atoms with Crippen molar-refractivity contribution >= 4 is 29.6 Å². The van der Waals surface area contributed by atoms with E-state index < -0.39 is 51.5 Å². The Morgan fingerprint density at radius 1 is 0.889 bits per heavy atom. The third-order valence-electron chi connectivity index (χ3n) is 6.22. The van der Waals surface area contributed by atoms with E-state index in [1.807, 2.05) is 13.8 Å². The zero-order chi connectivity index (χ0) is 35.1. The maximum Gasteiger partial charge on any atom is 0.360 e. The van der Waals surface area contributed by atoms with Crippen molar-refractivity contribution in [3.05, 3.63) is 33.6 Å². The van der Waals surface area contributed by atoms with Crippen LogP contribution in [-0.2, 0) is 29.3 Å². The SMILES string of the molecule is C.CNC(C)(C)/C(N)=N/O.CNC(C)(C)C(N)=NC(=CC(=O)OC)C(=O)OC.CNC(C)(C)c1nc(C(=O)OC)c(O)c(=O)[nH]1. The van der Waals surface area contributed by atoms with Crippen molar-refractivity contribution in [2.45, 2.75) is 65.6 Å². The highest BCUT2D eigenvalue weighted by molar-refractivity contribution is 6.00. The number of hydrogen-bond acceptors (Lipinski definition) is 15. The van der Waals surface area contributed by atoms with E-state index >= 15 is 0 Å². The van der Waals surface area contributed by atoms with Crippen LogP contribution in [-0.4, -0.2) is 103 Å². The van der Waals surface area contributed by atoms with Crippen molar-refractivity contribution in [2.24, 2.45) is 21.6 Å². The van der Waals surface area contributed by atoms with Crippen LogP contribution >= 0.6 is 0 Å². The number of oxime groups is 1. The molecule has 45 heavy (non-hydrogen) atoms. The van der Waals surface area contributed by atoms with Crippen LogP contribution in [0, 0.1) is 0 Å². The number of hydrogen-bond donors (Lipinski definition) is 8. The molecule has 0 aromatic carbocycles. The van der Waals surface area contributed by atoms with Crippen LogP contribution in [0.15, 0.2) is 26.7 Å². The summed E-state index contributed by atoms with van der Waals surface area (Å²) in [6, 6.07) is 0. The number of aromatic nitrogens is 2. The summed E-state index contributed by atoms with van der Waals surface area (Å²) in [5.74, 6) is -2.52. The first-order valence-electron chi connectivity index (χ1n) is 12.8. The summed E-state index contributed by atoms with van der Waals surface area (Å²) < 4.78 is 13.4. The summed E-state index contributed by atoms with van der Waals surface area (Å²) in [6.45, 7) is 10.7. The highest BCUT2D eigenvalue weighted by atomic mass is 16.5. The number of carbonyl (C=O) groups is 3. The number of aliphatic imine (C=N–C) groups is 1. The monoisotopic (exact) mass is 645 g/mol. The molecule has 258 valence electrons. The van der Waals surface area contributed by atoms with Crippen LogP contribution in [0.25, 0.3) is 0 Å². The molecule has 0 bridgehead atoms. The molecule has 10 N–H and O–H groups in total. The van der Waals surface area contributed by atoms with Crippen molar-refractivity contribution in [3.63, 3.8) is 0 Å². The summed E-state index contributed by atoms with van der Waals surface area (Å²) in [5.41, 5.74) is 7.98. The van der Waals surface area contributed by atoms with Gasteiger partial charge in [-0.15, -0.1) is 0 Å². The van der Waals surface area contributed by atoms with Crippen LogP contribution in [0.2, 0.25) is 0 Å². The van der Waals surface area contributed by atoms with E-state index in [0.29, 0.717) is 0 Å². The maximum absolute atomic E-state index is 11.5. The number of H-pyrrole nitrogens is 1. The quantitative estimate of drug-likeness (QED) is 0.0307. The van der Waals surface area contributed by atoms with Gasteiger partial charge in [0.15, 0.2) is 17.2 Å². The molecular weight excluding hydrogens is 594 g/mol. The first-order chi connectivity index (χ1) is 20.2. The molecule has 0 spiro atoms. The number of ether oxygens (including phenoxy) is 3. The Morgan fingerprint density at radius 3 is 1.73 bits per heavy atom. The predicted molar refractivity (Wildman–Crippen MR) is 170 cm³/mol. The third-order valence-corrected chi connectivity index (χ3v) is 6.22. The molecule has 1 aromatic heterocycles. The molecule has 1 heterocycles. The van der Waals surface area contributed by atoms with E-state index in [1.54, 1.807) is 48.8 Å². The van der Waals surface area contributed by atoms with Gasteiger partial charge >= 0.3 is 17.9 Å². The minimum absolute atomic E-state index is 0. The van der Waals surface area contributed by atoms with E-state index in [0.717, 1.165) is 13.2 Å². The average molecular weight is 646 g/mol. The van der Waals surface area contributed by atoms with Crippen molar-refractivity contribution in [3.8, 4) is 5.75 Å². The van der Waals surface area contributed by atoms with Gasteiger partial charge < -0.3 is 56.9 Å². The number of nitrogens with two attached hydrogens (primary N) is 2. The standard InChI is InChI=1S/C11H19N3O4.C10H15N3O4.C5H13N3O.CH4/c1-11(2,13-3)10(12)14-7(9(16)18-5)6-8(15)17-4;1-10(2,11-3)9-12-5(8(16)17-4)6(14)7(15)13-9;1-5(2,7-3)4(6)8-9;/h6,13H,1-5H3,(H2,12,14);11,14H,1-4H3,(H,12,13,15);7,9H,1-3H3,(H2,6,8);1H4. The lowest BCUT2D eigenvalue weighted by atomic mass is 10.1. The van der Waals surface area contributed by atoms with Gasteiger partial charge in [0.2, 0.25) is 5.75 Å². The number of nitrogens with zero attached hydrogens (tertiary/aromatic N) is 3. The van der Waals surface area contributed by atoms with Crippen molar-refractivity contribution in [2.75, 3.05) is 42.5 Å². The summed E-state index contributed by atoms with van der Waals surface area (Å²) in [6.07, 6.45) is 0.921. The Labute approximate surface area is 263 Å². The molecule has 0 aliphatic carbocycles. The second kappa shape index (κ2) is 19.7. The van der Waals surface area contributed by atoms with Gasteiger partial charge in [0.05, 0.1) is 44.0 Å². The van der Waals surface area contributed by atoms with Gasteiger partial charge in [-0.2, -0.15) is 0 Å². The molecule has 0 radical (unpaired) electrons. The summed E-state index contributed by atoms with van der Waals surface area (Å²) in [7, 11) is 8.65. The van der Waals surface area contributed by atoms with E-state index in [1.165, 1.54) is 14.2 Å². The second-order valence-corrected chi connectivity index (χ2v) is 10.3. The molecule has 0 aliphatic rings. The van der Waals surface area contributed by atoms with E-state index in [4.69, 9.17) is 16.7 Å². The molecule has 0 aliphatic heterocycles. The molecule has 18 heteroatoms. The lowest BCUT2D eigenvalue weighted by molar-refractivity contribution is -0.138. The molecular formula is C27H51N9O9. The van der Waals surface area contributed by atoms with Crippen LogP contribution in [0.1, 0.15) is 65.3 Å². The topological polar surface area (TPSA) is 278 Å². The van der Waals surface area contributed by atoms with Crippen molar-refractivity contribution in [1.29, 1.82) is 0 Å². The Bertz CT molecular complexity index is 1280. The maximum atomic E-state index is 11.5. The van der Waals surface area contributed by atoms with E-state index in [-0.39, 0.29) is 30.6 Å². The lowest BCUT2D eigenvalue weighted by Crippen LogP contribution is -2.49. The number of aromatic amines is 1. The second-order valence-electron chi connectivity index (χ2n) is 10.3. The van der Waals surface area contributed by atoms with Gasteiger partial charge in [0, 0.05) is 0 Å². The normalized spacial score (nSPS) is 12.3. The molecule has 0 saturated carbocycles. The van der Waals surface area contributed by atoms with Gasteiger partial charge in [-0.1, -0.05) is 12.6 Å². The van der Waals surface area contributed by atoms with Gasteiger partial charge in [-0.3, -0.25) is 4.79 Å². The third kappa shape index (κ3) is 14.2. The smallest absolute Gasteiger partial charge is 0.360 e. The summed E-state index contributed by atoms with van der Waals surface area (Å²) in [5, 5.41) is 29.2. The van der Waals surface area contributed by atoms with Gasteiger partial charge in [0.25, 0.3) is 5.56 Å². The number of amidine groups is 2. The molecule has 0 atom stereocenters. The van der Waals surface area contributed by atoms with Crippen molar-refractivity contribution in [1.82, 2.24) is 25.9 Å². The summed E-state index contributed by atoms with van der Waals surface area (Å²) >= 11 is 0. The average Bonchev–Trinajstić information content (AvgIpc) is 3.00. The van der Waals surface area contributed by atoms with Crippen molar-refractivity contribution < 1.29 is 38.9 Å². The fourth-order valence-electron chi connectivity index (χ4n) is 2.18. The highest BCUT2D eigenvalue weighted by Gasteiger charge is 2.26. The van der Waals surface area contributed by atoms with Gasteiger partial charge in [-0.25, -0.2) is 24.4 Å². The molecule has 0 saturated heterocycles. The largest absolute Gasteiger partial charge is 0.501 e. The van der Waals surface area contributed by atoms with Gasteiger partial charge in [0.1, 0.15) is 11.7 Å². The van der Waals surface area contributed by atoms with Crippen LogP contribution < -0.4 is 33.0 Å². The number of likely N-dealkylation sites (N-methyl/N-ethyl adjacent to an activating group) is 2. The van der Waals surface area contributed by atoms with E-state index in [2.05, 4.69) is 50.3 Å². The Kier molecular flexibility index (Phi) is 19.6. The molecule has 18 nitrogen and oxygen atoms in total. The summed E-state index contributed by atoms with van der Waals surface area (Å²) in [4.78, 5) is 55.5. The minimum atomic E-state index is -0.859. The highest BCUT2D eigenvalue weighted by Crippen LogP contribution is 2.17. The Morgan fingerprint density at radius 2 is 1.38 bits per heavy atom. The van der Waals surface area contributed by atoms with Crippen LogP contribution in [0.3, 0.4) is 0 Å². The van der Waals surface area contributed by atoms with Crippen LogP contribution in [0.4, 0.5) is 0 Å². The number of rotatable bonds is 10. The molecule has 0 amide bonds. The number of carbonyl (C=O) groups excluding carboxylic acids is 3. The Balaban J connectivity index is -0.000000613. The Hall–Kier alpha value is -4.55. The zero-order valence-corrected chi connectivity index (χ0v) is 27.3. The zero-order valence-electron chi connectivity index (χ0n) is 27.3. The minimum Gasteiger partial charge on any atom is -0.501 e. The van der Waals surface area contributed by atoms with Gasteiger partial charge in [-0.05, 0) is 62.7 Å². The fourth-order valence-corrected chi connectivity index (χ4v) is 2.18. The molecule has 0 unspecified atom stereocenters. The van der Waals surface area contributed by atoms with Crippen LogP contribution in [0.5, 0.6) is 5.75 Å². The number of nitrogens with one attached hydrogen (secondary N) is 4. The lowest BCUT2D eigenvalue weighted by Gasteiger charge is -2.23. The first kappa shape index (κ1) is 44.9. The fraction of sp³-hybridized carbons (Fsp3) is 0.593. The molecule has 0 fully saturated rings. The number of aromatic hydroxyl groups is 1.